The molecule has 1 aliphatic rings. The molecular formula is C20H25N5O4. The predicted molar refractivity (Wildman–Crippen MR) is 106 cm³/mol. The third-order valence-corrected chi connectivity index (χ3v) is 5.06. The van der Waals surface area contributed by atoms with Crippen LogP contribution in [0, 0.1) is 5.92 Å². The van der Waals surface area contributed by atoms with Gasteiger partial charge >= 0.3 is 5.97 Å². The lowest BCUT2D eigenvalue weighted by molar-refractivity contribution is -0.126. The minimum absolute atomic E-state index is 0.0999. The van der Waals surface area contributed by atoms with Crippen LogP contribution in [-0.2, 0) is 9.59 Å². The number of nitrogens with one attached hydrogen (secondary N) is 2. The number of benzene rings is 1. The minimum Gasteiger partial charge on any atom is -0.476 e. The van der Waals surface area contributed by atoms with E-state index in [1.54, 1.807) is 31.2 Å². The molecule has 0 saturated heterocycles. The molecule has 1 saturated carbocycles. The summed E-state index contributed by atoms with van der Waals surface area (Å²) in [6.07, 6.45) is 7.48. The summed E-state index contributed by atoms with van der Waals surface area (Å²) in [5.74, 6) is -1.19. The first-order valence-electron chi connectivity index (χ1n) is 9.78. The maximum absolute atomic E-state index is 12.4. The lowest BCUT2D eigenvalue weighted by atomic mass is 9.87. The van der Waals surface area contributed by atoms with E-state index in [1.165, 1.54) is 30.1 Å². The maximum atomic E-state index is 12.4. The first-order valence-corrected chi connectivity index (χ1v) is 9.78. The third kappa shape index (κ3) is 5.63. The van der Waals surface area contributed by atoms with Crippen LogP contribution in [0.1, 0.15) is 55.9 Å². The largest absolute Gasteiger partial charge is 0.476 e. The van der Waals surface area contributed by atoms with Gasteiger partial charge in [-0.3, -0.25) is 9.59 Å². The van der Waals surface area contributed by atoms with Crippen molar-refractivity contribution in [2.24, 2.45) is 5.92 Å². The molecule has 1 aromatic heterocycles. The first kappa shape index (κ1) is 20.5. The average Bonchev–Trinajstić information content (AvgIpc) is 3.19. The minimum atomic E-state index is -1.17. The highest BCUT2D eigenvalue weighted by Gasteiger charge is 2.20. The zero-order chi connectivity index (χ0) is 20.8. The quantitative estimate of drug-likeness (QED) is 0.656. The van der Waals surface area contributed by atoms with Crippen LogP contribution >= 0.6 is 0 Å². The Labute approximate surface area is 168 Å². The number of amides is 2. The van der Waals surface area contributed by atoms with Crippen molar-refractivity contribution in [1.82, 2.24) is 20.3 Å². The van der Waals surface area contributed by atoms with Crippen molar-refractivity contribution in [3.8, 4) is 5.69 Å². The molecular weight excluding hydrogens is 374 g/mol. The van der Waals surface area contributed by atoms with Gasteiger partial charge in [0.25, 0.3) is 0 Å². The van der Waals surface area contributed by atoms with E-state index in [1.807, 2.05) is 0 Å². The molecule has 3 rings (SSSR count). The summed E-state index contributed by atoms with van der Waals surface area (Å²) in [4.78, 5) is 35.6. The van der Waals surface area contributed by atoms with Crippen LogP contribution in [0.4, 0.5) is 5.69 Å². The fourth-order valence-corrected chi connectivity index (χ4v) is 3.48. The molecule has 1 aromatic carbocycles. The van der Waals surface area contributed by atoms with Crippen molar-refractivity contribution in [3.05, 3.63) is 36.2 Å². The third-order valence-electron chi connectivity index (χ3n) is 5.06. The summed E-state index contributed by atoms with van der Waals surface area (Å²) in [7, 11) is 0. The Morgan fingerprint density at radius 2 is 2.00 bits per heavy atom. The first-order chi connectivity index (χ1) is 13.9. The molecule has 1 fully saturated rings. The van der Waals surface area contributed by atoms with Gasteiger partial charge in [0, 0.05) is 12.1 Å². The normalized spacial score (nSPS) is 15.5. The number of carbonyl (C=O) groups excluding carboxylic acids is 2. The highest BCUT2D eigenvalue weighted by Crippen LogP contribution is 2.26. The standard InChI is InChI=1S/C20H25N5O4/c1-13(21-18(26)10-14-6-3-2-4-7-14)19(27)22-15-8-5-9-16(11-15)25-12-17(20(28)29)23-24-25/h5,8-9,11-14H,2-4,6-7,10H2,1H3,(H,21,26)(H,22,27)(H,28,29). The molecule has 0 bridgehead atoms. The van der Waals surface area contributed by atoms with Gasteiger partial charge < -0.3 is 15.7 Å². The number of carboxylic acids is 1. The Kier molecular flexibility index (Phi) is 6.58. The molecule has 1 heterocycles. The Morgan fingerprint density at radius 3 is 2.69 bits per heavy atom. The monoisotopic (exact) mass is 399 g/mol. The van der Waals surface area contributed by atoms with E-state index >= 15 is 0 Å². The van der Waals surface area contributed by atoms with E-state index in [-0.39, 0.29) is 17.5 Å². The molecule has 0 spiro atoms. The second kappa shape index (κ2) is 9.31. The van der Waals surface area contributed by atoms with Crippen molar-refractivity contribution >= 4 is 23.5 Å². The molecule has 2 aromatic rings. The Bertz CT molecular complexity index is 889. The van der Waals surface area contributed by atoms with Crippen molar-refractivity contribution in [1.29, 1.82) is 0 Å². The highest BCUT2D eigenvalue weighted by molar-refractivity contribution is 5.97. The Balaban J connectivity index is 1.56. The fraction of sp³-hybridized carbons (Fsp3) is 0.450. The van der Waals surface area contributed by atoms with Gasteiger partial charge in [-0.15, -0.1) is 5.10 Å². The van der Waals surface area contributed by atoms with Gasteiger partial charge in [-0.05, 0) is 43.9 Å². The molecule has 154 valence electrons. The molecule has 1 unspecified atom stereocenters. The lowest BCUT2D eigenvalue weighted by Gasteiger charge is -2.22. The second-order valence-electron chi connectivity index (χ2n) is 7.39. The summed E-state index contributed by atoms with van der Waals surface area (Å²) in [5.41, 5.74) is 0.888. The topological polar surface area (TPSA) is 126 Å². The number of hydrogen-bond donors (Lipinski definition) is 3. The van der Waals surface area contributed by atoms with E-state index in [0.29, 0.717) is 23.7 Å². The Morgan fingerprint density at radius 1 is 1.24 bits per heavy atom. The van der Waals surface area contributed by atoms with Crippen LogP contribution in [0.25, 0.3) is 5.69 Å². The van der Waals surface area contributed by atoms with Crippen LogP contribution in [0.5, 0.6) is 0 Å². The summed E-state index contributed by atoms with van der Waals surface area (Å²) in [6.45, 7) is 1.65. The number of hydrogen-bond acceptors (Lipinski definition) is 5. The van der Waals surface area contributed by atoms with E-state index in [9.17, 15) is 14.4 Å². The van der Waals surface area contributed by atoms with E-state index in [4.69, 9.17) is 5.11 Å². The number of aromatic carboxylic acids is 1. The number of aromatic nitrogens is 3. The van der Waals surface area contributed by atoms with Crippen molar-refractivity contribution in [2.45, 2.75) is 51.5 Å². The maximum Gasteiger partial charge on any atom is 0.358 e. The zero-order valence-electron chi connectivity index (χ0n) is 16.3. The van der Waals surface area contributed by atoms with E-state index in [2.05, 4.69) is 20.9 Å². The molecule has 1 atom stereocenters. The average molecular weight is 399 g/mol. The van der Waals surface area contributed by atoms with Crippen LogP contribution < -0.4 is 10.6 Å². The molecule has 0 aliphatic heterocycles. The SMILES string of the molecule is CC(NC(=O)CC1CCCCC1)C(=O)Nc1cccc(-n2cc(C(=O)O)nn2)c1. The lowest BCUT2D eigenvalue weighted by Crippen LogP contribution is -2.42. The second-order valence-corrected chi connectivity index (χ2v) is 7.39. The van der Waals surface area contributed by atoms with Gasteiger partial charge in [0.1, 0.15) is 6.04 Å². The molecule has 1 aliphatic carbocycles. The number of carbonyl (C=O) groups is 3. The van der Waals surface area contributed by atoms with E-state index < -0.39 is 12.0 Å². The zero-order valence-corrected chi connectivity index (χ0v) is 16.3. The molecule has 9 heteroatoms. The van der Waals surface area contributed by atoms with Crippen LogP contribution in [0.2, 0.25) is 0 Å². The van der Waals surface area contributed by atoms with Gasteiger partial charge in [-0.25, -0.2) is 9.48 Å². The smallest absolute Gasteiger partial charge is 0.358 e. The number of anilines is 1. The Hall–Kier alpha value is -3.23. The summed E-state index contributed by atoms with van der Waals surface area (Å²) in [6, 6.07) is 6.10. The summed E-state index contributed by atoms with van der Waals surface area (Å²) < 4.78 is 1.31. The molecule has 3 N–H and O–H groups in total. The summed E-state index contributed by atoms with van der Waals surface area (Å²) in [5, 5.41) is 21.8. The number of rotatable bonds is 7. The molecule has 2 amide bonds. The number of nitrogens with zero attached hydrogens (tertiary/aromatic N) is 3. The van der Waals surface area contributed by atoms with E-state index in [0.717, 1.165) is 12.8 Å². The van der Waals surface area contributed by atoms with Crippen molar-refractivity contribution in [3.63, 3.8) is 0 Å². The van der Waals surface area contributed by atoms with Crippen molar-refractivity contribution in [2.75, 3.05) is 5.32 Å². The van der Waals surface area contributed by atoms with Gasteiger partial charge in [0.15, 0.2) is 5.69 Å². The molecule has 9 nitrogen and oxygen atoms in total. The van der Waals surface area contributed by atoms with Crippen LogP contribution in [-0.4, -0.2) is 43.9 Å². The van der Waals surface area contributed by atoms with Crippen LogP contribution in [0.3, 0.4) is 0 Å². The van der Waals surface area contributed by atoms with Gasteiger partial charge in [0.2, 0.25) is 11.8 Å². The summed E-state index contributed by atoms with van der Waals surface area (Å²) >= 11 is 0. The number of carboxylic acid groups (broad SMARTS) is 1. The predicted octanol–water partition coefficient (Wildman–Crippen LogP) is 2.38. The molecule has 29 heavy (non-hydrogen) atoms. The van der Waals surface area contributed by atoms with Crippen LogP contribution in [0.15, 0.2) is 30.5 Å². The van der Waals surface area contributed by atoms with Gasteiger partial charge in [0.05, 0.1) is 11.9 Å². The molecule has 0 radical (unpaired) electrons. The van der Waals surface area contributed by atoms with Crippen molar-refractivity contribution < 1.29 is 19.5 Å². The highest BCUT2D eigenvalue weighted by atomic mass is 16.4. The van der Waals surface area contributed by atoms with Gasteiger partial charge in [-0.1, -0.05) is 30.5 Å². The van der Waals surface area contributed by atoms with Gasteiger partial charge in [-0.2, -0.15) is 0 Å². The fourth-order valence-electron chi connectivity index (χ4n) is 3.48.